The second-order valence-electron chi connectivity index (χ2n) is 4.45. The lowest BCUT2D eigenvalue weighted by atomic mass is 10.2. The van der Waals surface area contributed by atoms with Crippen LogP contribution >= 0.6 is 0 Å². The number of unbranched alkanes of at least 4 members (excludes halogenated alkanes) is 1. The SMILES string of the molecule is CCCCN(CC(CO)OCc1ccccc1)N=O. The monoisotopic (exact) mass is 266 g/mol. The summed E-state index contributed by atoms with van der Waals surface area (Å²) < 4.78 is 5.60. The van der Waals surface area contributed by atoms with E-state index in [4.69, 9.17) is 4.74 Å². The van der Waals surface area contributed by atoms with Gasteiger partial charge in [0, 0.05) is 6.54 Å². The van der Waals surface area contributed by atoms with Crippen LogP contribution in [0.15, 0.2) is 35.6 Å². The molecule has 0 bridgehead atoms. The molecule has 0 amide bonds. The van der Waals surface area contributed by atoms with Crippen LogP contribution in [0.1, 0.15) is 25.3 Å². The minimum absolute atomic E-state index is 0.120. The van der Waals surface area contributed by atoms with Gasteiger partial charge in [-0.15, -0.1) is 4.91 Å². The maximum atomic E-state index is 10.7. The van der Waals surface area contributed by atoms with Crippen molar-refractivity contribution in [2.45, 2.75) is 32.5 Å². The smallest absolute Gasteiger partial charge is 0.100 e. The zero-order chi connectivity index (χ0) is 13.9. The van der Waals surface area contributed by atoms with Crippen LogP contribution in [-0.2, 0) is 11.3 Å². The number of nitroso groups, excluding NO2 is 1. The molecule has 5 heteroatoms. The van der Waals surface area contributed by atoms with Gasteiger partial charge in [-0.05, 0) is 12.0 Å². The molecule has 1 aromatic carbocycles. The quantitative estimate of drug-likeness (QED) is 0.521. The summed E-state index contributed by atoms with van der Waals surface area (Å²) in [5.74, 6) is 0. The van der Waals surface area contributed by atoms with Gasteiger partial charge < -0.3 is 9.84 Å². The number of aliphatic hydroxyl groups is 1. The molecular formula is C14H22N2O3. The van der Waals surface area contributed by atoms with E-state index in [0.29, 0.717) is 19.7 Å². The highest BCUT2D eigenvalue weighted by atomic mass is 16.5. The van der Waals surface area contributed by atoms with Gasteiger partial charge >= 0.3 is 0 Å². The molecule has 1 atom stereocenters. The Labute approximate surface area is 114 Å². The Kier molecular flexibility index (Phi) is 7.77. The first-order valence-corrected chi connectivity index (χ1v) is 6.64. The van der Waals surface area contributed by atoms with Crippen LogP contribution in [0.4, 0.5) is 0 Å². The fourth-order valence-corrected chi connectivity index (χ4v) is 1.69. The number of hydrogen-bond donors (Lipinski definition) is 1. The van der Waals surface area contributed by atoms with Crippen molar-refractivity contribution in [3.05, 3.63) is 40.8 Å². The van der Waals surface area contributed by atoms with Crippen LogP contribution in [0.3, 0.4) is 0 Å². The van der Waals surface area contributed by atoms with E-state index < -0.39 is 6.10 Å². The third kappa shape index (κ3) is 6.31. The molecule has 0 aromatic heterocycles. The predicted molar refractivity (Wildman–Crippen MR) is 74.4 cm³/mol. The molecule has 1 aromatic rings. The van der Waals surface area contributed by atoms with E-state index in [1.54, 1.807) is 0 Å². The third-order valence-electron chi connectivity index (χ3n) is 2.83. The van der Waals surface area contributed by atoms with Crippen molar-refractivity contribution in [2.24, 2.45) is 5.29 Å². The number of benzene rings is 1. The molecule has 106 valence electrons. The maximum Gasteiger partial charge on any atom is 0.100 e. The van der Waals surface area contributed by atoms with Crippen molar-refractivity contribution >= 4 is 0 Å². The molecule has 5 nitrogen and oxygen atoms in total. The number of rotatable bonds is 10. The molecule has 0 saturated heterocycles. The summed E-state index contributed by atoms with van der Waals surface area (Å²) in [6.07, 6.45) is 1.51. The molecule has 0 radical (unpaired) electrons. The van der Waals surface area contributed by atoms with Crippen LogP contribution in [-0.4, -0.2) is 35.9 Å². The van der Waals surface area contributed by atoms with Crippen molar-refractivity contribution in [1.29, 1.82) is 0 Å². The van der Waals surface area contributed by atoms with Crippen molar-refractivity contribution in [1.82, 2.24) is 5.01 Å². The molecule has 19 heavy (non-hydrogen) atoms. The Morgan fingerprint density at radius 3 is 2.68 bits per heavy atom. The van der Waals surface area contributed by atoms with Gasteiger partial charge in [0.25, 0.3) is 0 Å². The first-order chi connectivity index (χ1) is 9.30. The molecule has 1 rings (SSSR count). The summed E-state index contributed by atoms with van der Waals surface area (Å²) in [7, 11) is 0. The molecule has 0 spiro atoms. The van der Waals surface area contributed by atoms with Gasteiger partial charge in [0.2, 0.25) is 0 Å². The van der Waals surface area contributed by atoms with Gasteiger partial charge in [-0.1, -0.05) is 43.7 Å². The summed E-state index contributed by atoms with van der Waals surface area (Å²) >= 11 is 0. The Morgan fingerprint density at radius 2 is 2.11 bits per heavy atom. The van der Waals surface area contributed by atoms with Crippen LogP contribution in [0.2, 0.25) is 0 Å². The first-order valence-electron chi connectivity index (χ1n) is 6.64. The molecule has 0 aliphatic carbocycles. The highest BCUT2D eigenvalue weighted by molar-refractivity contribution is 5.13. The van der Waals surface area contributed by atoms with Gasteiger partial charge in [-0.3, -0.25) is 5.01 Å². The molecule has 1 N–H and O–H groups in total. The maximum absolute atomic E-state index is 10.7. The molecule has 0 fully saturated rings. The molecular weight excluding hydrogens is 244 g/mol. The average molecular weight is 266 g/mol. The van der Waals surface area contributed by atoms with E-state index in [1.807, 2.05) is 30.3 Å². The number of aliphatic hydroxyl groups excluding tert-OH is 1. The summed E-state index contributed by atoms with van der Waals surface area (Å²) in [5, 5.41) is 13.7. The van der Waals surface area contributed by atoms with Crippen molar-refractivity contribution < 1.29 is 9.84 Å². The van der Waals surface area contributed by atoms with Crippen LogP contribution < -0.4 is 0 Å². The number of nitrogens with zero attached hydrogens (tertiary/aromatic N) is 2. The van der Waals surface area contributed by atoms with Gasteiger partial charge in [-0.25, -0.2) is 0 Å². The van der Waals surface area contributed by atoms with E-state index in [0.717, 1.165) is 18.4 Å². The van der Waals surface area contributed by atoms with E-state index in [9.17, 15) is 10.0 Å². The van der Waals surface area contributed by atoms with Crippen molar-refractivity contribution in [3.63, 3.8) is 0 Å². The number of hydrogen-bond acceptors (Lipinski definition) is 4. The van der Waals surface area contributed by atoms with E-state index in [-0.39, 0.29) is 6.61 Å². The normalized spacial score (nSPS) is 12.1. The zero-order valence-corrected chi connectivity index (χ0v) is 11.4. The molecule has 0 heterocycles. The van der Waals surface area contributed by atoms with E-state index >= 15 is 0 Å². The fourth-order valence-electron chi connectivity index (χ4n) is 1.69. The second-order valence-corrected chi connectivity index (χ2v) is 4.45. The minimum Gasteiger partial charge on any atom is -0.394 e. The Morgan fingerprint density at radius 1 is 1.37 bits per heavy atom. The van der Waals surface area contributed by atoms with Crippen molar-refractivity contribution in [2.75, 3.05) is 19.7 Å². The lowest BCUT2D eigenvalue weighted by molar-refractivity contribution is -0.0177. The van der Waals surface area contributed by atoms with Gasteiger partial charge in [0.05, 0.1) is 25.0 Å². The average Bonchev–Trinajstić information content (AvgIpc) is 2.47. The Hall–Kier alpha value is -1.46. The lowest BCUT2D eigenvalue weighted by Gasteiger charge is -2.21. The Bertz CT molecular complexity index is 346. The molecule has 0 aliphatic rings. The molecule has 0 aliphatic heterocycles. The van der Waals surface area contributed by atoms with Crippen molar-refractivity contribution in [3.8, 4) is 0 Å². The standard InChI is InChI=1S/C14H22N2O3/c1-2-3-9-16(15-18)10-14(11-17)19-12-13-7-5-4-6-8-13/h4-8,14,17H,2-3,9-12H2,1H3. The van der Waals surface area contributed by atoms with Crippen LogP contribution in [0.25, 0.3) is 0 Å². The highest BCUT2D eigenvalue weighted by Crippen LogP contribution is 2.06. The summed E-state index contributed by atoms with van der Waals surface area (Å²) in [4.78, 5) is 10.7. The molecule has 1 unspecified atom stereocenters. The Balaban J connectivity index is 2.37. The van der Waals surface area contributed by atoms with Gasteiger partial charge in [-0.2, -0.15) is 0 Å². The fraction of sp³-hybridized carbons (Fsp3) is 0.571. The van der Waals surface area contributed by atoms with Crippen LogP contribution in [0, 0.1) is 4.91 Å². The molecule has 0 saturated carbocycles. The van der Waals surface area contributed by atoms with Crippen LogP contribution in [0.5, 0.6) is 0 Å². The minimum atomic E-state index is -0.394. The zero-order valence-electron chi connectivity index (χ0n) is 11.4. The third-order valence-corrected chi connectivity index (χ3v) is 2.83. The van der Waals surface area contributed by atoms with Gasteiger partial charge in [0.15, 0.2) is 0 Å². The number of ether oxygens (including phenoxy) is 1. The predicted octanol–water partition coefficient (Wildman–Crippen LogP) is 2.35. The highest BCUT2D eigenvalue weighted by Gasteiger charge is 2.13. The van der Waals surface area contributed by atoms with E-state index in [1.165, 1.54) is 5.01 Å². The topological polar surface area (TPSA) is 62.1 Å². The largest absolute Gasteiger partial charge is 0.394 e. The lowest BCUT2D eigenvalue weighted by Crippen LogP contribution is -2.33. The summed E-state index contributed by atoms with van der Waals surface area (Å²) in [5.41, 5.74) is 1.04. The van der Waals surface area contributed by atoms with Gasteiger partial charge in [0.1, 0.15) is 6.10 Å². The summed E-state index contributed by atoms with van der Waals surface area (Å²) in [6.45, 7) is 3.29. The second kappa shape index (κ2) is 9.47. The van der Waals surface area contributed by atoms with E-state index in [2.05, 4.69) is 12.2 Å². The summed E-state index contributed by atoms with van der Waals surface area (Å²) in [6, 6.07) is 9.73. The first kappa shape index (κ1) is 15.6.